The van der Waals surface area contributed by atoms with Crippen molar-refractivity contribution in [2.75, 3.05) is 20.1 Å². The number of carbonyl (C=O) groups is 4. The zero-order valence-corrected chi connectivity index (χ0v) is 25.4. The van der Waals surface area contributed by atoms with Crippen LogP contribution in [0.25, 0.3) is 0 Å². The van der Waals surface area contributed by atoms with E-state index in [1.54, 1.807) is 38.1 Å². The summed E-state index contributed by atoms with van der Waals surface area (Å²) in [4.78, 5) is 49.9. The van der Waals surface area contributed by atoms with Crippen LogP contribution in [0.4, 0.5) is 0 Å². The SMILES string of the molecule is CN[C@@H]1CN(Cc2ccccc2)CC[C@H]1C.Cc1ccc(C(=O)O[C@H](C(=O)O)[C@H](OC(=O)c2ccc(C)cc2)C(=O)O)cc1. The predicted octanol–water partition coefficient (Wildman–Crippen LogP) is 4.34. The average Bonchev–Trinajstić information content (AvgIpc) is 3.01. The van der Waals surface area contributed by atoms with Gasteiger partial charge in [0, 0.05) is 19.1 Å². The molecule has 44 heavy (non-hydrogen) atoms. The number of likely N-dealkylation sites (N-methyl/N-ethyl adjacent to an activating group) is 1. The van der Waals surface area contributed by atoms with Gasteiger partial charge < -0.3 is 25.0 Å². The molecule has 3 aromatic rings. The standard InChI is InChI=1S/C20H18O8.C14H22N2/c1-11-3-7-13(8-4-11)19(25)27-15(17(21)22)16(18(23)24)28-20(26)14-9-5-12(2)6-10-14;1-12-8-9-16(11-14(12)15-2)10-13-6-4-3-5-7-13/h3-10,15-16H,1-2H3,(H,21,22)(H,23,24);3-7,12,14-15H,8-11H2,1-2H3/t15-,16-;12-,14-/m01/s1. The summed E-state index contributed by atoms with van der Waals surface area (Å²) < 4.78 is 9.64. The van der Waals surface area contributed by atoms with Crippen molar-refractivity contribution in [1.29, 1.82) is 0 Å². The number of hydrogen-bond donors (Lipinski definition) is 3. The summed E-state index contributed by atoms with van der Waals surface area (Å²) in [6.07, 6.45) is -3.14. The number of likely N-dealkylation sites (tertiary alicyclic amines) is 1. The summed E-state index contributed by atoms with van der Waals surface area (Å²) in [6.45, 7) is 9.42. The molecule has 1 saturated heterocycles. The second-order valence-electron chi connectivity index (χ2n) is 10.9. The molecule has 3 N–H and O–H groups in total. The van der Waals surface area contributed by atoms with Gasteiger partial charge in [0.25, 0.3) is 0 Å². The molecule has 1 fully saturated rings. The largest absolute Gasteiger partial charge is 0.478 e. The quantitative estimate of drug-likeness (QED) is 0.286. The number of carboxylic acid groups (broad SMARTS) is 2. The predicted molar refractivity (Wildman–Crippen MR) is 164 cm³/mol. The third-order valence-electron chi connectivity index (χ3n) is 7.47. The zero-order valence-electron chi connectivity index (χ0n) is 25.4. The smallest absolute Gasteiger partial charge is 0.349 e. The lowest BCUT2D eigenvalue weighted by molar-refractivity contribution is -0.166. The van der Waals surface area contributed by atoms with E-state index in [1.807, 2.05) is 0 Å². The normalized spacial score (nSPS) is 17.7. The number of rotatable bonds is 10. The van der Waals surface area contributed by atoms with Crippen LogP contribution in [0.15, 0.2) is 78.9 Å². The first kappa shape index (κ1) is 34.0. The molecular weight excluding hydrogens is 564 g/mol. The van der Waals surface area contributed by atoms with Gasteiger partial charge in [-0.3, -0.25) is 4.90 Å². The first-order valence-corrected chi connectivity index (χ1v) is 14.4. The van der Waals surface area contributed by atoms with Crippen LogP contribution >= 0.6 is 0 Å². The first-order chi connectivity index (χ1) is 21.0. The van der Waals surface area contributed by atoms with E-state index in [1.165, 1.54) is 49.3 Å². The number of aryl methyl sites for hydroxylation is 2. The Kier molecular flexibility index (Phi) is 12.6. The molecule has 0 saturated carbocycles. The molecule has 0 aromatic heterocycles. The maximum absolute atomic E-state index is 12.2. The van der Waals surface area contributed by atoms with Gasteiger partial charge in [0.2, 0.25) is 12.2 Å². The molecule has 234 valence electrons. The van der Waals surface area contributed by atoms with Crippen LogP contribution in [0.2, 0.25) is 0 Å². The van der Waals surface area contributed by atoms with Crippen LogP contribution in [0.5, 0.6) is 0 Å². The molecule has 4 atom stereocenters. The number of hydrogen-bond acceptors (Lipinski definition) is 8. The number of carboxylic acids is 2. The Morgan fingerprint density at radius 3 is 1.66 bits per heavy atom. The average molecular weight is 605 g/mol. The highest BCUT2D eigenvalue weighted by atomic mass is 16.6. The van der Waals surface area contributed by atoms with Gasteiger partial charge in [0.1, 0.15) is 0 Å². The minimum Gasteiger partial charge on any atom is -0.478 e. The molecule has 0 unspecified atom stereocenters. The summed E-state index contributed by atoms with van der Waals surface area (Å²) in [5.74, 6) is -4.82. The molecule has 0 radical (unpaired) electrons. The third-order valence-corrected chi connectivity index (χ3v) is 7.47. The van der Waals surface area contributed by atoms with Crippen LogP contribution in [-0.4, -0.2) is 77.4 Å². The van der Waals surface area contributed by atoms with E-state index in [4.69, 9.17) is 9.47 Å². The zero-order chi connectivity index (χ0) is 32.2. The fourth-order valence-electron chi connectivity index (χ4n) is 4.73. The van der Waals surface area contributed by atoms with Crippen molar-refractivity contribution in [3.8, 4) is 0 Å². The number of nitrogens with zero attached hydrogens (tertiary/aromatic N) is 1. The lowest BCUT2D eigenvalue weighted by Gasteiger charge is -2.37. The molecule has 10 nitrogen and oxygen atoms in total. The molecule has 0 bridgehead atoms. The van der Waals surface area contributed by atoms with Gasteiger partial charge in [-0.15, -0.1) is 0 Å². The minimum atomic E-state index is -2.22. The highest BCUT2D eigenvalue weighted by molar-refractivity contribution is 5.95. The highest BCUT2D eigenvalue weighted by Crippen LogP contribution is 2.19. The van der Waals surface area contributed by atoms with Crippen LogP contribution in [0, 0.1) is 19.8 Å². The van der Waals surface area contributed by atoms with Crippen LogP contribution in [0.1, 0.15) is 50.8 Å². The number of esters is 2. The lowest BCUT2D eigenvalue weighted by Crippen LogP contribution is -2.48. The molecule has 1 aliphatic rings. The van der Waals surface area contributed by atoms with Crippen LogP contribution in [-0.2, 0) is 25.6 Å². The Labute approximate surface area is 257 Å². The second kappa shape index (κ2) is 16.3. The molecule has 0 amide bonds. The van der Waals surface area contributed by atoms with Crippen LogP contribution in [0.3, 0.4) is 0 Å². The van der Waals surface area contributed by atoms with Crippen molar-refractivity contribution in [2.24, 2.45) is 5.92 Å². The van der Waals surface area contributed by atoms with Gasteiger partial charge in [-0.25, -0.2) is 19.2 Å². The molecular formula is C34H40N2O8. The van der Waals surface area contributed by atoms with E-state index in [9.17, 15) is 29.4 Å². The van der Waals surface area contributed by atoms with Crippen molar-refractivity contribution in [1.82, 2.24) is 10.2 Å². The van der Waals surface area contributed by atoms with Crippen molar-refractivity contribution >= 4 is 23.9 Å². The molecule has 10 heteroatoms. The summed E-state index contributed by atoms with van der Waals surface area (Å²) in [7, 11) is 2.08. The van der Waals surface area contributed by atoms with Crippen molar-refractivity contribution in [3.63, 3.8) is 0 Å². The van der Waals surface area contributed by atoms with Gasteiger partial charge in [0.15, 0.2) is 0 Å². The summed E-state index contributed by atoms with van der Waals surface area (Å²) in [5, 5.41) is 22.1. The van der Waals surface area contributed by atoms with E-state index >= 15 is 0 Å². The van der Waals surface area contributed by atoms with Crippen molar-refractivity contribution < 1.29 is 38.9 Å². The number of ether oxygens (including phenoxy) is 2. The molecule has 0 aliphatic carbocycles. The monoisotopic (exact) mass is 604 g/mol. The first-order valence-electron chi connectivity index (χ1n) is 14.4. The Hall–Kier alpha value is -4.54. The van der Waals surface area contributed by atoms with Gasteiger partial charge in [-0.2, -0.15) is 0 Å². The maximum atomic E-state index is 12.2. The molecule has 0 spiro atoms. The summed E-state index contributed by atoms with van der Waals surface area (Å²) in [5.41, 5.74) is 3.21. The fraction of sp³-hybridized carbons (Fsp3) is 0.353. The van der Waals surface area contributed by atoms with Gasteiger partial charge in [0.05, 0.1) is 11.1 Å². The fourth-order valence-corrected chi connectivity index (χ4v) is 4.73. The van der Waals surface area contributed by atoms with Gasteiger partial charge in [-0.05, 0) is 69.6 Å². The number of piperidine rings is 1. The Bertz CT molecular complexity index is 1320. The number of benzene rings is 3. The number of nitrogens with one attached hydrogen (secondary N) is 1. The Morgan fingerprint density at radius 1 is 0.795 bits per heavy atom. The molecule has 1 aliphatic heterocycles. The second-order valence-corrected chi connectivity index (χ2v) is 10.9. The maximum Gasteiger partial charge on any atom is 0.349 e. The van der Waals surface area contributed by atoms with E-state index < -0.39 is 36.1 Å². The molecule has 1 heterocycles. The lowest BCUT2D eigenvalue weighted by atomic mass is 9.93. The van der Waals surface area contributed by atoms with Crippen molar-refractivity contribution in [2.45, 2.75) is 52.0 Å². The van der Waals surface area contributed by atoms with E-state index in [0.717, 1.165) is 23.6 Å². The van der Waals surface area contributed by atoms with Crippen molar-refractivity contribution in [3.05, 3.63) is 107 Å². The molecule has 4 rings (SSSR count). The van der Waals surface area contributed by atoms with E-state index in [0.29, 0.717) is 6.04 Å². The van der Waals surface area contributed by atoms with E-state index in [2.05, 4.69) is 54.5 Å². The Balaban J connectivity index is 0.000000278. The number of aliphatic carboxylic acids is 2. The van der Waals surface area contributed by atoms with Gasteiger partial charge in [-0.1, -0.05) is 72.6 Å². The van der Waals surface area contributed by atoms with Crippen LogP contribution < -0.4 is 5.32 Å². The Morgan fingerprint density at radius 2 is 1.25 bits per heavy atom. The third kappa shape index (κ3) is 10.0. The number of carbonyl (C=O) groups excluding carboxylic acids is 2. The topological polar surface area (TPSA) is 142 Å². The van der Waals surface area contributed by atoms with E-state index in [-0.39, 0.29) is 11.1 Å². The minimum absolute atomic E-state index is 0.0332. The molecule has 3 aromatic carbocycles. The summed E-state index contributed by atoms with van der Waals surface area (Å²) in [6, 6.07) is 23.5. The summed E-state index contributed by atoms with van der Waals surface area (Å²) >= 11 is 0. The van der Waals surface area contributed by atoms with Gasteiger partial charge >= 0.3 is 23.9 Å². The highest BCUT2D eigenvalue weighted by Gasteiger charge is 2.41.